The number of nitrogens with one attached hydrogen (secondary N) is 1. The number of benzene rings is 1. The summed E-state index contributed by atoms with van der Waals surface area (Å²) in [4.78, 5) is 4.35. The fraction of sp³-hybridized carbons (Fsp3) is 0.357. The van der Waals surface area contributed by atoms with Gasteiger partial charge >= 0.3 is 0 Å². The Balaban J connectivity index is 2.14. The second-order valence-corrected chi connectivity index (χ2v) is 5.24. The third-order valence-electron chi connectivity index (χ3n) is 2.87. The number of nitrogens with zero attached hydrogens (tertiary/aromatic N) is 2. The van der Waals surface area contributed by atoms with Gasteiger partial charge in [0.15, 0.2) is 0 Å². The highest BCUT2D eigenvalue weighted by atomic mass is 79.9. The largest absolute Gasteiger partial charge is 0.385 e. The minimum Gasteiger partial charge on any atom is -0.385 e. The highest BCUT2D eigenvalue weighted by Crippen LogP contribution is 2.22. The van der Waals surface area contributed by atoms with E-state index in [9.17, 15) is 0 Å². The highest BCUT2D eigenvalue weighted by Gasteiger charge is 2.07. The highest BCUT2D eigenvalue weighted by molar-refractivity contribution is 9.10. The standard InChI is InChI=1S/C14H18BrN3O/c1-11-10-12(15)4-5-13(11)18-8-7-17-14(18)16-6-3-9-19-2/h4-5,7-8,10H,3,6,9H2,1-2H3,(H,16,17). The molecule has 1 aromatic carbocycles. The zero-order chi connectivity index (χ0) is 13.7. The smallest absolute Gasteiger partial charge is 0.207 e. The lowest BCUT2D eigenvalue weighted by molar-refractivity contribution is 0.197. The Morgan fingerprint density at radius 2 is 2.26 bits per heavy atom. The van der Waals surface area contributed by atoms with Crippen LogP contribution in [0.25, 0.3) is 5.69 Å². The number of imidazole rings is 1. The minimum atomic E-state index is 0.755. The molecule has 0 aliphatic carbocycles. The van der Waals surface area contributed by atoms with Crippen molar-refractivity contribution >= 4 is 21.9 Å². The molecule has 0 saturated carbocycles. The molecule has 0 bridgehead atoms. The van der Waals surface area contributed by atoms with Crippen molar-refractivity contribution in [3.8, 4) is 5.69 Å². The van der Waals surface area contributed by atoms with Crippen LogP contribution in [0.1, 0.15) is 12.0 Å². The maximum atomic E-state index is 5.04. The number of rotatable bonds is 6. The third-order valence-corrected chi connectivity index (χ3v) is 3.36. The van der Waals surface area contributed by atoms with Crippen molar-refractivity contribution in [2.75, 3.05) is 25.6 Å². The Morgan fingerprint density at radius 1 is 1.42 bits per heavy atom. The Bertz CT molecular complexity index is 539. The zero-order valence-electron chi connectivity index (χ0n) is 11.2. The topological polar surface area (TPSA) is 39.1 Å². The summed E-state index contributed by atoms with van der Waals surface area (Å²) < 4.78 is 8.19. The molecule has 0 unspecified atom stereocenters. The van der Waals surface area contributed by atoms with Crippen LogP contribution >= 0.6 is 15.9 Å². The SMILES string of the molecule is COCCCNc1nccn1-c1ccc(Br)cc1C. The van der Waals surface area contributed by atoms with Crippen molar-refractivity contribution in [2.24, 2.45) is 0 Å². The van der Waals surface area contributed by atoms with Gasteiger partial charge in [0.05, 0.1) is 5.69 Å². The lowest BCUT2D eigenvalue weighted by atomic mass is 10.2. The predicted octanol–water partition coefficient (Wildman–Crippen LogP) is 3.39. The Labute approximate surface area is 121 Å². The number of halogens is 1. The van der Waals surface area contributed by atoms with Crippen LogP contribution < -0.4 is 5.32 Å². The molecule has 1 aromatic heterocycles. The van der Waals surface area contributed by atoms with E-state index in [1.165, 1.54) is 5.56 Å². The van der Waals surface area contributed by atoms with Crippen LogP contribution in [0, 0.1) is 6.92 Å². The first-order valence-corrected chi connectivity index (χ1v) is 7.04. The van der Waals surface area contributed by atoms with E-state index in [0.717, 1.165) is 35.7 Å². The number of aromatic nitrogens is 2. The van der Waals surface area contributed by atoms with Gasteiger partial charge in [0.1, 0.15) is 0 Å². The van der Waals surface area contributed by atoms with Gasteiger partial charge in [-0.15, -0.1) is 0 Å². The number of hydrogen-bond acceptors (Lipinski definition) is 3. The minimum absolute atomic E-state index is 0.755. The maximum absolute atomic E-state index is 5.04. The van der Waals surface area contributed by atoms with Crippen molar-refractivity contribution in [1.82, 2.24) is 9.55 Å². The molecular formula is C14H18BrN3O. The molecule has 0 fully saturated rings. The first-order chi connectivity index (χ1) is 9.22. The second kappa shape index (κ2) is 6.73. The molecule has 102 valence electrons. The van der Waals surface area contributed by atoms with Crippen LogP contribution in [0.4, 0.5) is 5.95 Å². The van der Waals surface area contributed by atoms with E-state index in [-0.39, 0.29) is 0 Å². The average Bonchev–Trinajstić information content (AvgIpc) is 2.83. The molecule has 0 aliphatic heterocycles. The molecule has 0 atom stereocenters. The molecule has 2 rings (SSSR count). The summed E-state index contributed by atoms with van der Waals surface area (Å²) in [7, 11) is 1.71. The monoisotopic (exact) mass is 323 g/mol. The van der Waals surface area contributed by atoms with Crippen molar-refractivity contribution in [2.45, 2.75) is 13.3 Å². The molecule has 1 heterocycles. The number of anilines is 1. The van der Waals surface area contributed by atoms with E-state index in [0.29, 0.717) is 0 Å². The van der Waals surface area contributed by atoms with Crippen LogP contribution in [0.5, 0.6) is 0 Å². The molecule has 0 radical (unpaired) electrons. The molecule has 0 spiro atoms. The van der Waals surface area contributed by atoms with Crippen molar-refractivity contribution in [3.05, 3.63) is 40.6 Å². The Kier molecular flexibility index (Phi) is 4.99. The van der Waals surface area contributed by atoms with Crippen LogP contribution in [0.3, 0.4) is 0 Å². The average molecular weight is 324 g/mol. The van der Waals surface area contributed by atoms with Crippen LogP contribution in [0.2, 0.25) is 0 Å². The van der Waals surface area contributed by atoms with Gasteiger partial charge in [0, 0.05) is 37.1 Å². The lowest BCUT2D eigenvalue weighted by Gasteiger charge is -2.12. The molecule has 2 aromatic rings. The van der Waals surface area contributed by atoms with E-state index in [4.69, 9.17) is 4.74 Å². The Hall–Kier alpha value is -1.33. The molecule has 0 saturated heterocycles. The van der Waals surface area contributed by atoms with Gasteiger partial charge in [-0.2, -0.15) is 0 Å². The van der Waals surface area contributed by atoms with Crippen LogP contribution in [0.15, 0.2) is 35.1 Å². The van der Waals surface area contributed by atoms with Gasteiger partial charge < -0.3 is 10.1 Å². The molecule has 0 amide bonds. The fourth-order valence-electron chi connectivity index (χ4n) is 1.93. The van der Waals surface area contributed by atoms with Crippen LogP contribution in [-0.2, 0) is 4.74 Å². The number of aryl methyl sites for hydroxylation is 1. The van der Waals surface area contributed by atoms with Gasteiger partial charge in [-0.25, -0.2) is 4.98 Å². The molecule has 19 heavy (non-hydrogen) atoms. The fourth-order valence-corrected chi connectivity index (χ4v) is 2.41. The lowest BCUT2D eigenvalue weighted by Crippen LogP contribution is -2.09. The predicted molar refractivity (Wildman–Crippen MR) is 81.0 cm³/mol. The van der Waals surface area contributed by atoms with Crippen molar-refractivity contribution in [1.29, 1.82) is 0 Å². The summed E-state index contributed by atoms with van der Waals surface area (Å²) >= 11 is 3.48. The number of ether oxygens (including phenoxy) is 1. The first-order valence-electron chi connectivity index (χ1n) is 6.25. The summed E-state index contributed by atoms with van der Waals surface area (Å²) in [6.07, 6.45) is 4.73. The molecular weight excluding hydrogens is 306 g/mol. The molecule has 1 N–H and O–H groups in total. The van der Waals surface area contributed by atoms with Gasteiger partial charge in [0.2, 0.25) is 5.95 Å². The molecule has 5 heteroatoms. The molecule has 0 aliphatic rings. The summed E-state index contributed by atoms with van der Waals surface area (Å²) in [6, 6.07) is 6.22. The van der Waals surface area contributed by atoms with Crippen molar-refractivity contribution < 1.29 is 4.74 Å². The summed E-state index contributed by atoms with van der Waals surface area (Å²) in [6.45, 7) is 3.69. The maximum Gasteiger partial charge on any atom is 0.207 e. The van der Waals surface area contributed by atoms with Gasteiger partial charge in [-0.1, -0.05) is 15.9 Å². The number of methoxy groups -OCH3 is 1. The summed E-state index contributed by atoms with van der Waals surface area (Å²) in [5.41, 5.74) is 2.34. The number of hydrogen-bond donors (Lipinski definition) is 1. The van der Waals surface area contributed by atoms with Crippen molar-refractivity contribution in [3.63, 3.8) is 0 Å². The van der Waals surface area contributed by atoms with E-state index in [2.05, 4.69) is 49.9 Å². The van der Waals surface area contributed by atoms with E-state index < -0.39 is 0 Å². The quantitative estimate of drug-likeness (QED) is 0.828. The van der Waals surface area contributed by atoms with E-state index in [1.807, 2.05) is 12.3 Å². The Morgan fingerprint density at radius 3 is 3.00 bits per heavy atom. The van der Waals surface area contributed by atoms with Gasteiger partial charge in [-0.05, 0) is 37.1 Å². The van der Waals surface area contributed by atoms with Gasteiger partial charge in [-0.3, -0.25) is 4.57 Å². The summed E-state index contributed by atoms with van der Waals surface area (Å²) in [5, 5.41) is 3.33. The van der Waals surface area contributed by atoms with E-state index in [1.54, 1.807) is 13.3 Å². The first kappa shape index (κ1) is 14.1. The van der Waals surface area contributed by atoms with Gasteiger partial charge in [0.25, 0.3) is 0 Å². The molecule has 4 nitrogen and oxygen atoms in total. The van der Waals surface area contributed by atoms with E-state index >= 15 is 0 Å². The second-order valence-electron chi connectivity index (χ2n) is 4.32. The third kappa shape index (κ3) is 3.58. The van der Waals surface area contributed by atoms with Crippen LogP contribution in [-0.4, -0.2) is 29.8 Å². The summed E-state index contributed by atoms with van der Waals surface area (Å²) in [5.74, 6) is 0.863. The zero-order valence-corrected chi connectivity index (χ0v) is 12.8. The normalized spacial score (nSPS) is 10.7.